The molecule has 34 heavy (non-hydrogen) atoms. The van der Waals surface area contributed by atoms with Gasteiger partial charge >= 0.3 is 0 Å². The van der Waals surface area contributed by atoms with Crippen LogP contribution in [0.15, 0.2) is 54.1 Å². The molecule has 184 valence electrons. The quantitative estimate of drug-likeness (QED) is 0.294. The number of ether oxygens (including phenoxy) is 3. The molecule has 0 unspecified atom stereocenters. The number of phenols is 1. The second-order valence-electron chi connectivity index (χ2n) is 6.18. The van der Waals surface area contributed by atoms with Crippen LogP contribution in [0.1, 0.15) is 38.8 Å². The van der Waals surface area contributed by atoms with Crippen LogP contribution < -0.4 is 19.5 Å². The Labute approximate surface area is 203 Å². The molecule has 0 aromatic heterocycles. The number of aromatic hydroxyl groups is 1. The van der Waals surface area contributed by atoms with E-state index in [1.54, 1.807) is 44.6 Å². The lowest BCUT2D eigenvalue weighted by Crippen LogP contribution is -2.26. The summed E-state index contributed by atoms with van der Waals surface area (Å²) in [6, 6.07) is 12.3. The second-order valence-corrected chi connectivity index (χ2v) is 6.18. The minimum Gasteiger partial charge on any atom is -0.504 e. The first-order valence-corrected chi connectivity index (χ1v) is 11.2. The zero-order valence-electron chi connectivity index (χ0n) is 21.1. The highest BCUT2D eigenvalue weighted by molar-refractivity contribution is 5.97. The summed E-state index contributed by atoms with van der Waals surface area (Å²) in [6.45, 7) is 8.37. The number of hydrogen-bond acceptors (Lipinski definition) is 6. The molecule has 0 atom stereocenters. The normalized spacial score (nSPS) is 10.1. The van der Waals surface area contributed by atoms with Crippen molar-refractivity contribution in [2.45, 2.75) is 34.1 Å². The van der Waals surface area contributed by atoms with Gasteiger partial charge in [0.25, 0.3) is 5.91 Å². The number of methoxy groups -OCH3 is 3. The molecular weight excluding hydrogens is 432 g/mol. The van der Waals surface area contributed by atoms with E-state index in [-0.39, 0.29) is 11.3 Å². The van der Waals surface area contributed by atoms with Gasteiger partial charge in [0.1, 0.15) is 11.6 Å². The van der Waals surface area contributed by atoms with E-state index in [2.05, 4.69) is 5.32 Å². The molecule has 0 aliphatic heterocycles. The molecule has 0 saturated heterocycles. The molecule has 0 spiro atoms. The van der Waals surface area contributed by atoms with E-state index in [0.717, 1.165) is 11.1 Å². The number of benzene rings is 2. The Kier molecular flexibility index (Phi) is 15.6. The van der Waals surface area contributed by atoms with Gasteiger partial charge in [-0.1, -0.05) is 52.0 Å². The van der Waals surface area contributed by atoms with Crippen LogP contribution in [0.2, 0.25) is 0 Å². The predicted octanol–water partition coefficient (Wildman–Crippen LogP) is 5.29. The largest absolute Gasteiger partial charge is 0.504 e. The third kappa shape index (κ3) is 9.70. The molecule has 2 aromatic rings. The zero-order chi connectivity index (χ0) is 25.9. The maximum absolute atomic E-state index is 12.2. The van der Waals surface area contributed by atoms with Crippen molar-refractivity contribution in [3.8, 4) is 29.1 Å². The molecule has 7 heteroatoms. The van der Waals surface area contributed by atoms with Crippen molar-refractivity contribution in [1.29, 1.82) is 5.26 Å². The molecule has 0 fully saturated rings. The molecule has 0 bridgehead atoms. The molecule has 0 radical (unpaired) electrons. The van der Waals surface area contributed by atoms with Crippen LogP contribution in [0.3, 0.4) is 0 Å². The average molecular weight is 469 g/mol. The summed E-state index contributed by atoms with van der Waals surface area (Å²) in [5.41, 5.74) is 1.72. The third-order valence-electron chi connectivity index (χ3n) is 4.27. The van der Waals surface area contributed by atoms with Crippen LogP contribution in [0.5, 0.6) is 23.0 Å². The lowest BCUT2D eigenvalue weighted by molar-refractivity contribution is -0.117. The number of nitriles is 1. The molecular formula is C27H36N2O5. The fourth-order valence-corrected chi connectivity index (χ4v) is 2.67. The summed E-state index contributed by atoms with van der Waals surface area (Å²) >= 11 is 0. The molecule has 0 heterocycles. The Morgan fingerprint density at radius 3 is 2.21 bits per heavy atom. The summed E-state index contributed by atoms with van der Waals surface area (Å²) in [6.07, 6.45) is 5.31. The fraction of sp³-hybridized carbons (Fsp3) is 0.333. The monoisotopic (exact) mass is 468 g/mol. The Morgan fingerprint density at radius 2 is 1.62 bits per heavy atom. The molecule has 0 aliphatic rings. The lowest BCUT2D eigenvalue weighted by atomic mass is 10.1. The van der Waals surface area contributed by atoms with Gasteiger partial charge in [0, 0.05) is 6.54 Å². The first-order valence-electron chi connectivity index (χ1n) is 11.2. The van der Waals surface area contributed by atoms with Crippen LogP contribution in [0.25, 0.3) is 6.08 Å². The minimum atomic E-state index is -0.453. The Hall–Kier alpha value is -3.92. The summed E-state index contributed by atoms with van der Waals surface area (Å²) in [5.74, 6) is 1.19. The second kappa shape index (κ2) is 17.6. The molecule has 2 aromatic carbocycles. The molecule has 0 aliphatic carbocycles. The van der Waals surface area contributed by atoms with Gasteiger partial charge in [-0.25, -0.2) is 0 Å². The Balaban J connectivity index is 0.00000258. The Morgan fingerprint density at radius 1 is 0.971 bits per heavy atom. The lowest BCUT2D eigenvalue weighted by Gasteiger charge is -2.10. The van der Waals surface area contributed by atoms with Gasteiger partial charge < -0.3 is 24.6 Å². The zero-order valence-corrected chi connectivity index (χ0v) is 21.1. The smallest absolute Gasteiger partial charge is 0.261 e. The van der Waals surface area contributed by atoms with E-state index in [4.69, 9.17) is 14.2 Å². The van der Waals surface area contributed by atoms with E-state index in [1.807, 2.05) is 45.9 Å². The molecule has 2 rings (SSSR count). The molecule has 1 amide bonds. The van der Waals surface area contributed by atoms with Crippen molar-refractivity contribution >= 4 is 12.0 Å². The summed E-state index contributed by atoms with van der Waals surface area (Å²) in [5, 5.41) is 21.6. The topological polar surface area (TPSA) is 101 Å². The van der Waals surface area contributed by atoms with E-state index in [9.17, 15) is 15.2 Å². The highest BCUT2D eigenvalue weighted by Gasteiger charge is 2.08. The van der Waals surface area contributed by atoms with Crippen LogP contribution in [0, 0.1) is 11.3 Å². The molecule has 2 N–H and O–H groups in total. The number of carbonyl (C=O) groups is 1. The van der Waals surface area contributed by atoms with Crippen molar-refractivity contribution in [1.82, 2.24) is 5.32 Å². The van der Waals surface area contributed by atoms with Gasteiger partial charge in [-0.2, -0.15) is 5.26 Å². The summed E-state index contributed by atoms with van der Waals surface area (Å²) in [7, 11) is 4.60. The number of nitrogens with zero attached hydrogens (tertiary/aromatic N) is 1. The highest BCUT2D eigenvalue weighted by Crippen LogP contribution is 2.28. The van der Waals surface area contributed by atoms with Crippen molar-refractivity contribution in [3.05, 3.63) is 65.3 Å². The number of amides is 1. The predicted molar refractivity (Wildman–Crippen MR) is 136 cm³/mol. The standard InChI is InChI=1S/C23H24N2O5.2C2H6/c1-28-20-10-8-17(14-22(20)30-3)11-12-25-23(27)18(15-24)6-4-5-16-7-9-19(26)21(13-16)29-2;2*1-2/h4-10,13-14,26H,11-12H2,1-3H3,(H,25,27);2*1-2H3/b5-4+,18-6+;;. The van der Waals surface area contributed by atoms with Gasteiger partial charge in [0.05, 0.1) is 21.3 Å². The number of carbonyl (C=O) groups excluding carboxylic acids is 1. The first-order chi connectivity index (χ1) is 16.5. The number of hydrogen-bond donors (Lipinski definition) is 2. The van der Waals surface area contributed by atoms with Crippen LogP contribution >= 0.6 is 0 Å². The number of nitrogens with one attached hydrogen (secondary N) is 1. The van der Waals surface area contributed by atoms with E-state index < -0.39 is 5.91 Å². The maximum atomic E-state index is 12.2. The summed E-state index contributed by atoms with van der Waals surface area (Å²) < 4.78 is 15.5. The Bertz CT molecular complexity index is 991. The van der Waals surface area contributed by atoms with E-state index in [1.165, 1.54) is 19.3 Å². The number of allylic oxidation sites excluding steroid dienone is 2. The van der Waals surface area contributed by atoms with Gasteiger partial charge in [0.15, 0.2) is 23.0 Å². The van der Waals surface area contributed by atoms with Crippen molar-refractivity contribution in [3.63, 3.8) is 0 Å². The third-order valence-corrected chi connectivity index (χ3v) is 4.27. The van der Waals surface area contributed by atoms with Crippen molar-refractivity contribution in [2.24, 2.45) is 0 Å². The van der Waals surface area contributed by atoms with Crippen molar-refractivity contribution in [2.75, 3.05) is 27.9 Å². The van der Waals surface area contributed by atoms with E-state index >= 15 is 0 Å². The van der Waals surface area contributed by atoms with Crippen LogP contribution in [0.4, 0.5) is 0 Å². The van der Waals surface area contributed by atoms with Crippen LogP contribution in [-0.2, 0) is 11.2 Å². The average Bonchev–Trinajstić information content (AvgIpc) is 2.89. The number of rotatable bonds is 9. The number of phenolic OH excluding ortho intramolecular Hbond substituents is 1. The minimum absolute atomic E-state index is 0.00990. The summed E-state index contributed by atoms with van der Waals surface area (Å²) in [4.78, 5) is 12.2. The van der Waals surface area contributed by atoms with E-state index in [0.29, 0.717) is 30.2 Å². The maximum Gasteiger partial charge on any atom is 0.261 e. The van der Waals surface area contributed by atoms with Crippen molar-refractivity contribution < 1.29 is 24.1 Å². The van der Waals surface area contributed by atoms with Gasteiger partial charge in [-0.15, -0.1) is 0 Å². The SMILES string of the molecule is CC.CC.COc1cc(/C=C/C=C(\C#N)C(=O)NCCc2ccc(OC)c(OC)c2)ccc1O. The van der Waals surface area contributed by atoms with Gasteiger partial charge in [-0.05, 0) is 47.9 Å². The molecule has 7 nitrogen and oxygen atoms in total. The first kappa shape index (κ1) is 30.1. The highest BCUT2D eigenvalue weighted by atomic mass is 16.5. The van der Waals surface area contributed by atoms with Gasteiger partial charge in [-0.3, -0.25) is 4.79 Å². The molecule has 0 saturated carbocycles. The fourth-order valence-electron chi connectivity index (χ4n) is 2.67. The van der Waals surface area contributed by atoms with Crippen LogP contribution in [-0.4, -0.2) is 38.9 Å². The van der Waals surface area contributed by atoms with Gasteiger partial charge in [0.2, 0.25) is 0 Å².